The van der Waals surface area contributed by atoms with Gasteiger partial charge in [-0.2, -0.15) is 0 Å². The summed E-state index contributed by atoms with van der Waals surface area (Å²) >= 11 is 0. The molecule has 6 heteroatoms. The third-order valence-electron chi connectivity index (χ3n) is 12.8. The van der Waals surface area contributed by atoms with E-state index in [1.165, 1.54) is 218 Å². The minimum absolute atomic E-state index is 0.0000281. The summed E-state index contributed by atoms with van der Waals surface area (Å²) in [6.07, 6.45) is 59.0. The SMILES string of the molecule is CCCCCCCCCCCCCCCCC(O)C(CO)NC(=O)CCCCCCCCC/C=C\CCCCCCCCOC(=O)CCCCCCCCCCCCCCC. The molecule has 0 aromatic heterocycles. The van der Waals surface area contributed by atoms with E-state index in [1.807, 2.05) is 0 Å². The summed E-state index contributed by atoms with van der Waals surface area (Å²) in [5, 5.41) is 23.2. The third kappa shape index (κ3) is 47.9. The van der Waals surface area contributed by atoms with Gasteiger partial charge >= 0.3 is 5.97 Å². The van der Waals surface area contributed by atoms with Crippen molar-refractivity contribution in [2.45, 2.75) is 315 Å². The molecule has 0 saturated carbocycles. The summed E-state index contributed by atoms with van der Waals surface area (Å²) in [6, 6.07) is -0.549. The van der Waals surface area contributed by atoms with Gasteiger partial charge in [0.1, 0.15) is 0 Å². The van der Waals surface area contributed by atoms with Gasteiger partial charge < -0.3 is 20.3 Å². The summed E-state index contributed by atoms with van der Waals surface area (Å²) in [5.74, 6) is -0.0457. The lowest BCUT2D eigenvalue weighted by molar-refractivity contribution is -0.143. The zero-order chi connectivity index (χ0) is 44.4. The van der Waals surface area contributed by atoms with Crippen LogP contribution in [0.1, 0.15) is 303 Å². The Morgan fingerprint density at radius 2 is 0.770 bits per heavy atom. The van der Waals surface area contributed by atoms with Crippen LogP contribution >= 0.6 is 0 Å². The van der Waals surface area contributed by atoms with Gasteiger partial charge in [0, 0.05) is 12.8 Å². The molecule has 0 bridgehead atoms. The van der Waals surface area contributed by atoms with E-state index in [2.05, 4.69) is 31.3 Å². The number of hydrogen-bond donors (Lipinski definition) is 3. The molecule has 2 unspecified atom stereocenters. The Labute approximate surface area is 380 Å². The average molecular weight is 862 g/mol. The first-order valence-electron chi connectivity index (χ1n) is 27.4. The number of carbonyl (C=O) groups excluding carboxylic acids is 2. The largest absolute Gasteiger partial charge is 0.466 e. The fourth-order valence-electron chi connectivity index (χ4n) is 8.58. The van der Waals surface area contributed by atoms with Gasteiger partial charge in [0.15, 0.2) is 0 Å². The summed E-state index contributed by atoms with van der Waals surface area (Å²) in [6.45, 7) is 4.94. The summed E-state index contributed by atoms with van der Waals surface area (Å²) in [5.41, 5.74) is 0. The number of nitrogens with one attached hydrogen (secondary N) is 1. The van der Waals surface area contributed by atoms with Crippen molar-refractivity contribution in [1.29, 1.82) is 0 Å². The number of unbranched alkanes of at least 4 members (excludes halogenated alkanes) is 38. The van der Waals surface area contributed by atoms with Crippen molar-refractivity contribution >= 4 is 11.9 Å². The number of aliphatic hydroxyl groups excluding tert-OH is 2. The molecule has 61 heavy (non-hydrogen) atoms. The second-order valence-electron chi connectivity index (χ2n) is 18.9. The molecular weight excluding hydrogens is 755 g/mol. The zero-order valence-electron chi connectivity index (χ0n) is 41.2. The number of amides is 1. The first-order valence-corrected chi connectivity index (χ1v) is 27.4. The molecule has 1 amide bonds. The van der Waals surface area contributed by atoms with Gasteiger partial charge in [-0.15, -0.1) is 0 Å². The van der Waals surface area contributed by atoms with Crippen LogP contribution < -0.4 is 5.32 Å². The summed E-state index contributed by atoms with van der Waals surface area (Å²) in [7, 11) is 0. The number of esters is 1. The molecule has 0 aliphatic heterocycles. The highest BCUT2D eigenvalue weighted by atomic mass is 16.5. The van der Waals surface area contributed by atoms with Gasteiger partial charge in [-0.25, -0.2) is 0 Å². The Bertz CT molecular complexity index is 909. The van der Waals surface area contributed by atoms with Gasteiger partial charge in [0.05, 0.1) is 25.4 Å². The predicted octanol–water partition coefficient (Wildman–Crippen LogP) is 16.5. The van der Waals surface area contributed by atoms with Crippen LogP contribution in [-0.2, 0) is 14.3 Å². The Balaban J connectivity index is 3.45. The van der Waals surface area contributed by atoms with Crippen LogP contribution in [0.2, 0.25) is 0 Å². The lowest BCUT2D eigenvalue weighted by Gasteiger charge is -2.22. The van der Waals surface area contributed by atoms with Crippen LogP contribution in [0.25, 0.3) is 0 Å². The quantitative estimate of drug-likeness (QED) is 0.0322. The van der Waals surface area contributed by atoms with Crippen molar-refractivity contribution in [3.63, 3.8) is 0 Å². The molecule has 0 aliphatic rings. The molecule has 0 radical (unpaired) electrons. The third-order valence-corrected chi connectivity index (χ3v) is 12.8. The highest BCUT2D eigenvalue weighted by Gasteiger charge is 2.20. The van der Waals surface area contributed by atoms with Crippen molar-refractivity contribution < 1.29 is 24.5 Å². The number of allylic oxidation sites excluding steroid dienone is 2. The molecule has 3 N–H and O–H groups in total. The van der Waals surface area contributed by atoms with Gasteiger partial charge in [0.25, 0.3) is 0 Å². The first-order chi connectivity index (χ1) is 30.0. The monoisotopic (exact) mass is 862 g/mol. The lowest BCUT2D eigenvalue weighted by atomic mass is 10.0. The van der Waals surface area contributed by atoms with Crippen LogP contribution in [-0.4, -0.2) is 47.4 Å². The maximum Gasteiger partial charge on any atom is 0.305 e. The molecule has 0 aromatic rings. The van der Waals surface area contributed by atoms with Crippen LogP contribution in [0, 0.1) is 0 Å². The van der Waals surface area contributed by atoms with E-state index in [-0.39, 0.29) is 18.5 Å². The van der Waals surface area contributed by atoms with Crippen molar-refractivity contribution in [3.05, 3.63) is 12.2 Å². The van der Waals surface area contributed by atoms with Gasteiger partial charge in [0.2, 0.25) is 5.91 Å². The second kappa shape index (κ2) is 51.2. The highest BCUT2D eigenvalue weighted by molar-refractivity contribution is 5.76. The summed E-state index contributed by atoms with van der Waals surface area (Å²) in [4.78, 5) is 24.5. The number of hydrogen-bond acceptors (Lipinski definition) is 5. The highest BCUT2D eigenvalue weighted by Crippen LogP contribution is 2.17. The van der Waals surface area contributed by atoms with Crippen molar-refractivity contribution in [1.82, 2.24) is 5.32 Å². The van der Waals surface area contributed by atoms with Gasteiger partial charge in [-0.1, -0.05) is 251 Å². The first kappa shape index (κ1) is 59.6. The molecule has 0 aromatic carbocycles. The van der Waals surface area contributed by atoms with Gasteiger partial charge in [-0.3, -0.25) is 9.59 Å². The minimum Gasteiger partial charge on any atom is -0.466 e. The van der Waals surface area contributed by atoms with Crippen LogP contribution in [0.3, 0.4) is 0 Å². The molecular formula is C55H107NO5. The number of rotatable bonds is 51. The fraction of sp³-hybridized carbons (Fsp3) is 0.927. The topological polar surface area (TPSA) is 95.9 Å². The molecule has 0 aliphatic carbocycles. The molecule has 0 saturated heterocycles. The molecule has 6 nitrogen and oxygen atoms in total. The Morgan fingerprint density at radius 3 is 1.16 bits per heavy atom. The van der Waals surface area contributed by atoms with E-state index >= 15 is 0 Å². The zero-order valence-corrected chi connectivity index (χ0v) is 41.2. The van der Waals surface area contributed by atoms with E-state index in [4.69, 9.17) is 4.74 Å². The maximum absolute atomic E-state index is 12.4. The average Bonchev–Trinajstić information content (AvgIpc) is 3.26. The van der Waals surface area contributed by atoms with E-state index in [0.717, 1.165) is 51.4 Å². The Morgan fingerprint density at radius 1 is 0.443 bits per heavy atom. The number of carbonyl (C=O) groups is 2. The second-order valence-corrected chi connectivity index (χ2v) is 18.9. The van der Waals surface area contributed by atoms with Crippen LogP contribution in [0.4, 0.5) is 0 Å². The predicted molar refractivity (Wildman–Crippen MR) is 264 cm³/mol. The molecule has 0 heterocycles. The van der Waals surface area contributed by atoms with Crippen LogP contribution in [0.15, 0.2) is 12.2 Å². The fourth-order valence-corrected chi connectivity index (χ4v) is 8.58. The standard InChI is InChI=1S/C55H107NO5/c1-3-5-7-9-11-13-15-17-24-27-31-35-39-43-47-53(58)52(51-57)56-54(59)48-44-40-36-32-28-25-21-19-18-20-22-26-30-34-38-42-46-50-61-55(60)49-45-41-37-33-29-23-16-14-12-10-8-6-4-2/h18,20,52-53,57-58H,3-17,19,21-51H2,1-2H3,(H,56,59)/b20-18-. The van der Waals surface area contributed by atoms with Crippen molar-refractivity contribution in [2.24, 2.45) is 0 Å². The molecule has 0 spiro atoms. The van der Waals surface area contributed by atoms with Crippen molar-refractivity contribution in [3.8, 4) is 0 Å². The minimum atomic E-state index is -0.670. The normalized spacial score (nSPS) is 12.7. The molecule has 2 atom stereocenters. The van der Waals surface area contributed by atoms with E-state index < -0.39 is 12.1 Å². The molecule has 362 valence electrons. The maximum atomic E-state index is 12.4. The van der Waals surface area contributed by atoms with E-state index in [0.29, 0.717) is 25.9 Å². The van der Waals surface area contributed by atoms with Crippen molar-refractivity contribution in [2.75, 3.05) is 13.2 Å². The smallest absolute Gasteiger partial charge is 0.305 e. The molecule has 0 fully saturated rings. The number of ether oxygens (including phenoxy) is 1. The molecule has 0 rings (SSSR count). The lowest BCUT2D eigenvalue weighted by Crippen LogP contribution is -2.45. The van der Waals surface area contributed by atoms with Crippen LogP contribution in [0.5, 0.6) is 0 Å². The van der Waals surface area contributed by atoms with E-state index in [9.17, 15) is 19.8 Å². The van der Waals surface area contributed by atoms with E-state index in [1.54, 1.807) is 0 Å². The Kier molecular flexibility index (Phi) is 50.1. The van der Waals surface area contributed by atoms with Gasteiger partial charge in [-0.05, 0) is 51.4 Å². The number of aliphatic hydroxyl groups is 2. The summed E-state index contributed by atoms with van der Waals surface area (Å²) < 4.78 is 5.46. The Hall–Kier alpha value is -1.40.